The number of rotatable bonds is 3. The highest BCUT2D eigenvalue weighted by Crippen LogP contribution is 2.36. The number of methoxy groups -OCH3 is 1. The topological polar surface area (TPSA) is 93.3 Å². The number of nitro groups is 1. The lowest BCUT2D eigenvalue weighted by Gasteiger charge is -2.22. The Balaban J connectivity index is 1.82. The molecule has 0 spiro atoms. The van der Waals surface area contributed by atoms with Gasteiger partial charge in [-0.25, -0.2) is 0 Å². The minimum absolute atomic E-state index is 0.217. The Morgan fingerprint density at radius 3 is 2.96 bits per heavy atom. The quantitative estimate of drug-likeness (QED) is 0.573. The van der Waals surface area contributed by atoms with Crippen molar-refractivity contribution in [2.75, 3.05) is 13.7 Å². The molecular weight excluding hydrogens is 298 g/mol. The van der Waals surface area contributed by atoms with Crippen LogP contribution in [0.4, 0.5) is 5.88 Å². The van der Waals surface area contributed by atoms with Crippen molar-refractivity contribution >= 4 is 16.8 Å². The van der Waals surface area contributed by atoms with Gasteiger partial charge in [-0.2, -0.15) is 0 Å². The van der Waals surface area contributed by atoms with Crippen molar-refractivity contribution in [3.63, 3.8) is 0 Å². The average Bonchev–Trinajstić information content (AvgIpc) is 3.18. The maximum atomic E-state index is 10.8. The Hall–Kier alpha value is -2.80. The molecule has 0 radical (unpaired) electrons. The lowest BCUT2D eigenvalue weighted by atomic mass is 9.98. The van der Waals surface area contributed by atoms with Crippen LogP contribution in [0.15, 0.2) is 34.7 Å². The van der Waals surface area contributed by atoms with E-state index in [0.29, 0.717) is 5.76 Å². The SMILES string of the molecule is COc1ccc2[nH]c3c(c2c1)CCN[C@H]3c1ccc([N+](=O)[O-])o1. The number of ether oxygens (including phenoxy) is 1. The summed E-state index contributed by atoms with van der Waals surface area (Å²) in [6.45, 7) is 0.774. The van der Waals surface area contributed by atoms with E-state index in [-0.39, 0.29) is 11.9 Å². The Bertz CT molecular complexity index is 896. The fourth-order valence-corrected chi connectivity index (χ4v) is 3.17. The van der Waals surface area contributed by atoms with Gasteiger partial charge in [-0.3, -0.25) is 10.1 Å². The molecule has 3 heterocycles. The van der Waals surface area contributed by atoms with Gasteiger partial charge in [0, 0.05) is 23.1 Å². The first-order chi connectivity index (χ1) is 11.2. The third-order valence-corrected chi connectivity index (χ3v) is 4.24. The maximum Gasteiger partial charge on any atom is 0.433 e. The summed E-state index contributed by atoms with van der Waals surface area (Å²) in [5.74, 6) is 1.10. The molecule has 1 atom stereocenters. The largest absolute Gasteiger partial charge is 0.497 e. The van der Waals surface area contributed by atoms with Gasteiger partial charge in [-0.05, 0) is 36.2 Å². The smallest absolute Gasteiger partial charge is 0.433 e. The summed E-state index contributed by atoms with van der Waals surface area (Å²) in [6, 6.07) is 8.72. The van der Waals surface area contributed by atoms with Crippen molar-refractivity contribution in [2.45, 2.75) is 12.5 Å². The number of H-pyrrole nitrogens is 1. The van der Waals surface area contributed by atoms with Crippen molar-refractivity contribution in [3.05, 3.63) is 57.5 Å². The summed E-state index contributed by atoms with van der Waals surface area (Å²) < 4.78 is 10.7. The Kier molecular flexibility index (Phi) is 3.09. The van der Waals surface area contributed by atoms with Gasteiger partial charge in [0.2, 0.25) is 0 Å². The van der Waals surface area contributed by atoms with E-state index in [1.54, 1.807) is 13.2 Å². The van der Waals surface area contributed by atoms with Crippen molar-refractivity contribution < 1.29 is 14.1 Å². The number of nitrogens with one attached hydrogen (secondary N) is 2. The molecule has 118 valence electrons. The van der Waals surface area contributed by atoms with Crippen molar-refractivity contribution in [2.24, 2.45) is 0 Å². The number of furan rings is 1. The second-order valence-electron chi connectivity index (χ2n) is 5.50. The molecule has 0 saturated heterocycles. The highest BCUT2D eigenvalue weighted by Gasteiger charge is 2.29. The predicted octanol–water partition coefficient (Wildman–Crippen LogP) is 2.91. The van der Waals surface area contributed by atoms with Crippen molar-refractivity contribution in [1.82, 2.24) is 10.3 Å². The number of nitrogens with zero attached hydrogens (tertiary/aromatic N) is 1. The number of benzene rings is 1. The summed E-state index contributed by atoms with van der Waals surface area (Å²) in [5.41, 5.74) is 3.20. The molecular formula is C16H15N3O4. The van der Waals surface area contributed by atoms with Gasteiger partial charge in [-0.15, -0.1) is 0 Å². The normalized spacial score (nSPS) is 17.2. The lowest BCUT2D eigenvalue weighted by Crippen LogP contribution is -2.30. The summed E-state index contributed by atoms with van der Waals surface area (Å²) in [6.07, 6.45) is 0.877. The van der Waals surface area contributed by atoms with Crippen LogP contribution in [0.1, 0.15) is 23.1 Å². The van der Waals surface area contributed by atoms with Crippen LogP contribution in [0.5, 0.6) is 5.75 Å². The molecule has 1 aromatic carbocycles. The van der Waals surface area contributed by atoms with E-state index in [4.69, 9.17) is 9.15 Å². The number of aromatic nitrogens is 1. The van der Waals surface area contributed by atoms with E-state index < -0.39 is 4.92 Å². The van der Waals surface area contributed by atoms with Gasteiger partial charge in [0.05, 0.1) is 13.2 Å². The zero-order valence-electron chi connectivity index (χ0n) is 12.5. The molecule has 0 amide bonds. The zero-order chi connectivity index (χ0) is 16.0. The van der Waals surface area contributed by atoms with Crippen LogP contribution in [0.2, 0.25) is 0 Å². The number of aromatic amines is 1. The monoisotopic (exact) mass is 313 g/mol. The fraction of sp³-hybridized carbons (Fsp3) is 0.250. The van der Waals surface area contributed by atoms with Crippen LogP contribution in [-0.2, 0) is 6.42 Å². The molecule has 0 saturated carbocycles. The van der Waals surface area contributed by atoms with E-state index in [9.17, 15) is 10.1 Å². The van der Waals surface area contributed by atoms with Gasteiger partial charge in [0.15, 0.2) is 0 Å². The van der Waals surface area contributed by atoms with E-state index in [0.717, 1.165) is 35.3 Å². The molecule has 3 aromatic rings. The fourth-order valence-electron chi connectivity index (χ4n) is 3.17. The molecule has 7 nitrogen and oxygen atoms in total. The molecule has 23 heavy (non-hydrogen) atoms. The molecule has 7 heteroatoms. The van der Waals surface area contributed by atoms with Crippen LogP contribution in [0.3, 0.4) is 0 Å². The summed E-state index contributed by atoms with van der Waals surface area (Å²) in [7, 11) is 1.65. The zero-order valence-corrected chi connectivity index (χ0v) is 12.5. The van der Waals surface area contributed by atoms with Crippen molar-refractivity contribution in [3.8, 4) is 5.75 Å². The third kappa shape index (κ3) is 2.17. The molecule has 4 rings (SSSR count). The molecule has 2 aromatic heterocycles. The van der Waals surface area contributed by atoms with Gasteiger partial charge in [0.25, 0.3) is 0 Å². The molecule has 0 aliphatic carbocycles. The second kappa shape index (κ2) is 5.13. The summed E-state index contributed by atoms with van der Waals surface area (Å²) in [5, 5.41) is 15.3. The highest BCUT2D eigenvalue weighted by atomic mass is 16.6. The lowest BCUT2D eigenvalue weighted by molar-refractivity contribution is -0.402. The van der Waals surface area contributed by atoms with E-state index >= 15 is 0 Å². The number of hydrogen-bond acceptors (Lipinski definition) is 5. The molecule has 0 unspecified atom stereocenters. The molecule has 2 N–H and O–H groups in total. The molecule has 1 aliphatic rings. The standard InChI is InChI=1S/C16H15N3O4/c1-22-9-2-3-12-11(8-9)10-6-7-17-16(15(10)18-12)13-4-5-14(23-13)19(20)21/h2-5,8,16-18H,6-7H2,1H3/t16-/m0/s1. The average molecular weight is 313 g/mol. The Morgan fingerprint density at radius 1 is 1.35 bits per heavy atom. The van der Waals surface area contributed by atoms with E-state index in [2.05, 4.69) is 10.3 Å². The highest BCUT2D eigenvalue weighted by molar-refractivity contribution is 5.86. The molecule has 0 bridgehead atoms. The Morgan fingerprint density at radius 2 is 2.22 bits per heavy atom. The minimum Gasteiger partial charge on any atom is -0.497 e. The van der Waals surface area contributed by atoms with Crippen LogP contribution in [-0.4, -0.2) is 23.6 Å². The Labute approximate surface area is 131 Å². The van der Waals surface area contributed by atoms with Crippen molar-refractivity contribution in [1.29, 1.82) is 0 Å². The predicted molar refractivity (Wildman–Crippen MR) is 83.8 cm³/mol. The van der Waals surface area contributed by atoms with Gasteiger partial charge < -0.3 is 19.5 Å². The van der Waals surface area contributed by atoms with Gasteiger partial charge >= 0.3 is 5.88 Å². The van der Waals surface area contributed by atoms with E-state index in [1.807, 2.05) is 18.2 Å². The van der Waals surface area contributed by atoms with Crippen LogP contribution in [0, 0.1) is 10.1 Å². The first-order valence-electron chi connectivity index (χ1n) is 7.33. The first kappa shape index (κ1) is 13.8. The third-order valence-electron chi connectivity index (χ3n) is 4.24. The van der Waals surface area contributed by atoms with Gasteiger partial charge in [-0.1, -0.05) is 0 Å². The van der Waals surface area contributed by atoms with Crippen LogP contribution >= 0.6 is 0 Å². The maximum absolute atomic E-state index is 10.8. The summed E-state index contributed by atoms with van der Waals surface area (Å²) in [4.78, 5) is 13.7. The first-order valence-corrected chi connectivity index (χ1v) is 7.33. The summed E-state index contributed by atoms with van der Waals surface area (Å²) >= 11 is 0. The second-order valence-corrected chi connectivity index (χ2v) is 5.50. The van der Waals surface area contributed by atoms with Crippen LogP contribution < -0.4 is 10.1 Å². The van der Waals surface area contributed by atoms with Crippen LogP contribution in [0.25, 0.3) is 10.9 Å². The van der Waals surface area contributed by atoms with E-state index in [1.165, 1.54) is 11.6 Å². The molecule has 1 aliphatic heterocycles. The number of fused-ring (bicyclic) bond motifs is 3. The van der Waals surface area contributed by atoms with Gasteiger partial charge in [0.1, 0.15) is 22.5 Å². The molecule has 0 fully saturated rings. The number of hydrogen-bond donors (Lipinski definition) is 2. The minimum atomic E-state index is -0.524.